The fraction of sp³-hybridized carbons (Fsp3) is 0.545. The number of likely N-dealkylation sites (tertiary alicyclic amines) is 1. The molecular weight excluding hydrogens is 375 g/mol. The molecule has 0 aromatic heterocycles. The third kappa shape index (κ3) is 5.35. The predicted octanol–water partition coefficient (Wildman–Crippen LogP) is 3.87. The molecule has 1 heterocycles. The minimum absolute atomic E-state index is 0.119. The van der Waals surface area contributed by atoms with E-state index in [1.807, 2.05) is 6.08 Å². The molecule has 29 heavy (non-hydrogen) atoms. The van der Waals surface area contributed by atoms with Gasteiger partial charge in [0.1, 0.15) is 5.82 Å². The number of carbonyl (C=O) groups excluding carboxylic acids is 1. The van der Waals surface area contributed by atoms with Gasteiger partial charge in [-0.25, -0.2) is 9.18 Å². The van der Waals surface area contributed by atoms with E-state index in [1.54, 1.807) is 26.2 Å². The van der Waals surface area contributed by atoms with Crippen LogP contribution in [0, 0.1) is 11.7 Å². The van der Waals surface area contributed by atoms with Gasteiger partial charge in [-0.15, -0.1) is 0 Å². The van der Waals surface area contributed by atoms with E-state index in [-0.39, 0.29) is 17.8 Å². The lowest BCUT2D eigenvalue weighted by Gasteiger charge is -2.31. The van der Waals surface area contributed by atoms with Gasteiger partial charge < -0.3 is 19.6 Å². The van der Waals surface area contributed by atoms with E-state index in [2.05, 4.69) is 0 Å². The van der Waals surface area contributed by atoms with Gasteiger partial charge in [-0.3, -0.25) is 4.79 Å². The Kier molecular flexibility index (Phi) is 6.90. The van der Waals surface area contributed by atoms with E-state index in [9.17, 15) is 14.0 Å². The largest absolute Gasteiger partial charge is 0.465 e. The Hall–Kier alpha value is -2.41. The quantitative estimate of drug-likeness (QED) is 0.809. The lowest BCUT2D eigenvalue weighted by Crippen LogP contribution is -2.38. The van der Waals surface area contributed by atoms with Crippen molar-refractivity contribution < 1.29 is 23.8 Å². The van der Waals surface area contributed by atoms with Crippen molar-refractivity contribution in [2.75, 3.05) is 33.8 Å². The number of benzene rings is 1. The van der Waals surface area contributed by atoms with Gasteiger partial charge in [0.15, 0.2) is 0 Å². The molecule has 2 aliphatic rings. The van der Waals surface area contributed by atoms with Gasteiger partial charge in [-0.1, -0.05) is 12.1 Å². The van der Waals surface area contributed by atoms with Crippen LogP contribution in [0.3, 0.4) is 0 Å². The summed E-state index contributed by atoms with van der Waals surface area (Å²) in [5.41, 5.74) is 1.86. The summed E-state index contributed by atoms with van der Waals surface area (Å²) in [6.07, 6.45) is 5.29. The van der Waals surface area contributed by atoms with Gasteiger partial charge >= 0.3 is 6.09 Å². The number of ether oxygens (including phenoxy) is 1. The molecule has 6 nitrogen and oxygen atoms in total. The van der Waals surface area contributed by atoms with Gasteiger partial charge in [0.2, 0.25) is 0 Å². The Balaban J connectivity index is 1.51. The van der Waals surface area contributed by atoms with Crippen LogP contribution in [-0.2, 0) is 4.74 Å². The van der Waals surface area contributed by atoms with Crippen molar-refractivity contribution in [2.45, 2.75) is 38.2 Å². The van der Waals surface area contributed by atoms with Gasteiger partial charge in [0, 0.05) is 44.9 Å². The zero-order valence-electron chi connectivity index (χ0n) is 17.1. The normalized spacial score (nSPS) is 20.3. The Morgan fingerprint density at radius 1 is 1.24 bits per heavy atom. The highest BCUT2D eigenvalue weighted by Crippen LogP contribution is 2.31. The van der Waals surface area contributed by atoms with Gasteiger partial charge in [0.05, 0.1) is 6.10 Å². The zero-order chi connectivity index (χ0) is 21.0. The molecule has 0 bridgehead atoms. The highest BCUT2D eigenvalue weighted by atomic mass is 19.1. The molecular formula is C22H29FN2O4. The number of rotatable bonds is 5. The smallest absolute Gasteiger partial charge is 0.407 e. The van der Waals surface area contributed by atoms with Crippen LogP contribution >= 0.6 is 0 Å². The second-order valence-corrected chi connectivity index (χ2v) is 8.07. The van der Waals surface area contributed by atoms with Gasteiger partial charge in [-0.05, 0) is 55.7 Å². The number of carboxylic acid groups (broad SMARTS) is 1. The maximum absolute atomic E-state index is 14.5. The van der Waals surface area contributed by atoms with E-state index in [0.717, 1.165) is 37.7 Å². The summed E-state index contributed by atoms with van der Waals surface area (Å²) >= 11 is 0. The molecule has 0 spiro atoms. The van der Waals surface area contributed by atoms with Crippen LogP contribution in [0.1, 0.15) is 48.0 Å². The van der Waals surface area contributed by atoms with Crippen LogP contribution in [0.2, 0.25) is 0 Å². The third-order valence-corrected chi connectivity index (χ3v) is 5.78. The summed E-state index contributed by atoms with van der Waals surface area (Å²) < 4.78 is 20.6. The number of piperidine rings is 1. The zero-order valence-corrected chi connectivity index (χ0v) is 17.1. The minimum Gasteiger partial charge on any atom is -0.465 e. The molecule has 1 aromatic carbocycles. The molecule has 1 saturated heterocycles. The van der Waals surface area contributed by atoms with Crippen molar-refractivity contribution in [1.82, 2.24) is 9.80 Å². The number of hydrogen-bond acceptors (Lipinski definition) is 3. The van der Waals surface area contributed by atoms with Crippen molar-refractivity contribution in [3.63, 3.8) is 0 Å². The number of allylic oxidation sites excluding steroid dienone is 1. The SMILES string of the molecule is CN(C)C(=O)c1ccc(C2=CCC(OCC3CCN(C(=O)O)CC3)CC2)c(F)c1. The van der Waals surface area contributed by atoms with E-state index in [4.69, 9.17) is 9.84 Å². The highest BCUT2D eigenvalue weighted by Gasteiger charge is 2.24. The van der Waals surface area contributed by atoms with Crippen molar-refractivity contribution in [3.05, 3.63) is 41.2 Å². The highest BCUT2D eigenvalue weighted by molar-refractivity contribution is 5.94. The van der Waals surface area contributed by atoms with Crippen LogP contribution in [0.15, 0.2) is 24.3 Å². The summed E-state index contributed by atoms with van der Waals surface area (Å²) in [7, 11) is 3.29. The van der Waals surface area contributed by atoms with Crippen molar-refractivity contribution in [3.8, 4) is 0 Å². The molecule has 3 rings (SSSR count). The second kappa shape index (κ2) is 9.39. The average molecular weight is 404 g/mol. The van der Waals surface area contributed by atoms with Gasteiger partial charge in [0.25, 0.3) is 5.91 Å². The first-order valence-corrected chi connectivity index (χ1v) is 10.1. The lowest BCUT2D eigenvalue weighted by atomic mass is 9.91. The summed E-state index contributed by atoms with van der Waals surface area (Å²) in [4.78, 5) is 25.8. The van der Waals surface area contributed by atoms with Crippen molar-refractivity contribution in [2.24, 2.45) is 5.92 Å². The number of hydrogen-bond donors (Lipinski definition) is 1. The fourth-order valence-corrected chi connectivity index (χ4v) is 3.94. The number of amides is 2. The summed E-state index contributed by atoms with van der Waals surface area (Å²) in [5.74, 6) is -0.181. The molecule has 1 N–H and O–H groups in total. The molecule has 158 valence electrons. The second-order valence-electron chi connectivity index (χ2n) is 8.07. The monoisotopic (exact) mass is 404 g/mol. The predicted molar refractivity (Wildman–Crippen MR) is 108 cm³/mol. The molecule has 7 heteroatoms. The van der Waals surface area contributed by atoms with E-state index < -0.39 is 6.09 Å². The van der Waals surface area contributed by atoms with Crippen LogP contribution in [0.4, 0.5) is 9.18 Å². The molecule has 1 aromatic rings. The molecule has 1 fully saturated rings. The molecule has 1 atom stereocenters. The Bertz CT molecular complexity index is 785. The van der Waals surface area contributed by atoms with Crippen LogP contribution < -0.4 is 0 Å². The molecule has 0 saturated carbocycles. The van der Waals surface area contributed by atoms with Crippen LogP contribution in [0.25, 0.3) is 5.57 Å². The van der Waals surface area contributed by atoms with E-state index >= 15 is 0 Å². The summed E-state index contributed by atoms with van der Waals surface area (Å²) in [6.45, 7) is 1.80. The molecule has 1 aliphatic carbocycles. The first-order valence-electron chi connectivity index (χ1n) is 10.1. The topological polar surface area (TPSA) is 70.1 Å². The first-order chi connectivity index (χ1) is 13.8. The van der Waals surface area contributed by atoms with Crippen LogP contribution in [-0.4, -0.2) is 66.8 Å². The number of carbonyl (C=O) groups is 2. The fourth-order valence-electron chi connectivity index (χ4n) is 3.94. The average Bonchev–Trinajstić information content (AvgIpc) is 2.72. The van der Waals surface area contributed by atoms with E-state index in [1.165, 1.54) is 15.9 Å². The molecule has 1 aliphatic heterocycles. The lowest BCUT2D eigenvalue weighted by molar-refractivity contribution is 0.0101. The minimum atomic E-state index is -0.847. The Labute approximate surface area is 170 Å². The standard InChI is InChI=1S/C22H29FN2O4/c1-24(2)21(26)17-5-8-19(20(23)13-17)16-3-6-18(7-4-16)29-14-15-9-11-25(12-10-15)22(27)28/h3,5,8,13,15,18H,4,6-7,9-12,14H2,1-2H3,(H,27,28). The number of nitrogens with zero attached hydrogens (tertiary/aromatic N) is 2. The van der Waals surface area contributed by atoms with E-state index in [0.29, 0.717) is 36.7 Å². The van der Waals surface area contributed by atoms with Crippen molar-refractivity contribution >= 4 is 17.6 Å². The molecule has 1 unspecified atom stereocenters. The maximum atomic E-state index is 14.5. The third-order valence-electron chi connectivity index (χ3n) is 5.78. The van der Waals surface area contributed by atoms with Crippen LogP contribution in [0.5, 0.6) is 0 Å². The number of halogens is 1. The molecule has 0 radical (unpaired) electrons. The Morgan fingerprint density at radius 3 is 2.52 bits per heavy atom. The summed E-state index contributed by atoms with van der Waals surface area (Å²) in [5, 5.41) is 9.01. The Morgan fingerprint density at radius 2 is 1.97 bits per heavy atom. The first kappa shape index (κ1) is 21.3. The van der Waals surface area contributed by atoms with Crippen molar-refractivity contribution in [1.29, 1.82) is 0 Å². The summed E-state index contributed by atoms with van der Waals surface area (Å²) in [6, 6.07) is 4.67. The molecule has 2 amide bonds. The van der Waals surface area contributed by atoms with Gasteiger partial charge in [-0.2, -0.15) is 0 Å². The maximum Gasteiger partial charge on any atom is 0.407 e.